The Labute approximate surface area is 119 Å². The van der Waals surface area contributed by atoms with E-state index in [1.165, 1.54) is 18.2 Å². The van der Waals surface area contributed by atoms with Gasteiger partial charge in [-0.3, -0.25) is 10.1 Å². The Balaban J connectivity index is 2.48. The lowest BCUT2D eigenvalue weighted by Crippen LogP contribution is -2.03. The first-order chi connectivity index (χ1) is 9.38. The third-order valence-electron chi connectivity index (χ3n) is 2.57. The fourth-order valence-corrected chi connectivity index (χ4v) is 1.71. The van der Waals surface area contributed by atoms with Gasteiger partial charge in [-0.15, -0.1) is 0 Å². The Hall–Kier alpha value is -2.41. The molecule has 2 rings (SSSR count). The number of anilines is 1. The van der Waals surface area contributed by atoms with Gasteiger partial charge in [-0.05, 0) is 26.0 Å². The van der Waals surface area contributed by atoms with Gasteiger partial charge in [0.2, 0.25) is 11.6 Å². The van der Waals surface area contributed by atoms with E-state index in [4.69, 9.17) is 22.1 Å². The number of aromatic nitrogens is 2. The monoisotopic (exact) mass is 294 g/mol. The first kappa shape index (κ1) is 14.0. The van der Waals surface area contributed by atoms with Crippen LogP contribution in [0, 0.1) is 24.0 Å². The van der Waals surface area contributed by atoms with Crippen molar-refractivity contribution < 1.29 is 9.66 Å². The number of nitrogens with two attached hydrogens (primary N) is 1. The molecule has 104 valence electrons. The first-order valence-corrected chi connectivity index (χ1v) is 5.99. The molecule has 0 aliphatic heterocycles. The van der Waals surface area contributed by atoms with Gasteiger partial charge in [0.05, 0.1) is 10.5 Å². The maximum absolute atomic E-state index is 11.0. The minimum atomic E-state index is -0.575. The van der Waals surface area contributed by atoms with Gasteiger partial charge in [-0.25, -0.2) is 4.98 Å². The Kier molecular flexibility index (Phi) is 3.71. The molecule has 8 heteroatoms. The Morgan fingerprint density at radius 3 is 2.70 bits per heavy atom. The summed E-state index contributed by atoms with van der Waals surface area (Å²) in [6.07, 6.45) is 0. The molecule has 0 radical (unpaired) electrons. The SMILES string of the molecule is Cc1nc(N)c(C)c(Oc2ccc(Cl)cc2[N+](=O)[O-])n1. The van der Waals surface area contributed by atoms with Gasteiger partial charge in [-0.1, -0.05) is 11.6 Å². The molecule has 20 heavy (non-hydrogen) atoms. The van der Waals surface area contributed by atoms with Crippen LogP contribution in [0.4, 0.5) is 11.5 Å². The van der Waals surface area contributed by atoms with Crippen LogP contribution < -0.4 is 10.5 Å². The van der Waals surface area contributed by atoms with Crippen LogP contribution in [0.2, 0.25) is 5.02 Å². The summed E-state index contributed by atoms with van der Waals surface area (Å²) in [7, 11) is 0. The molecule has 0 spiro atoms. The van der Waals surface area contributed by atoms with Gasteiger partial charge < -0.3 is 10.5 Å². The summed E-state index contributed by atoms with van der Waals surface area (Å²) < 4.78 is 5.49. The lowest BCUT2D eigenvalue weighted by molar-refractivity contribution is -0.385. The number of aryl methyl sites for hydroxylation is 1. The van der Waals surface area contributed by atoms with E-state index >= 15 is 0 Å². The second-order valence-electron chi connectivity index (χ2n) is 4.06. The first-order valence-electron chi connectivity index (χ1n) is 5.61. The summed E-state index contributed by atoms with van der Waals surface area (Å²) in [5.74, 6) is 0.907. The van der Waals surface area contributed by atoms with E-state index in [1.807, 2.05) is 0 Å². The molecule has 0 saturated heterocycles. The molecule has 0 saturated carbocycles. The van der Waals surface area contributed by atoms with Crippen LogP contribution in [0.1, 0.15) is 11.4 Å². The fourth-order valence-electron chi connectivity index (χ4n) is 1.55. The molecule has 1 aromatic heterocycles. The molecule has 0 atom stereocenters. The number of halogens is 1. The summed E-state index contributed by atoms with van der Waals surface area (Å²) >= 11 is 5.74. The van der Waals surface area contributed by atoms with Crippen LogP contribution in [0.15, 0.2) is 18.2 Å². The Morgan fingerprint density at radius 1 is 1.35 bits per heavy atom. The zero-order valence-electron chi connectivity index (χ0n) is 10.8. The van der Waals surface area contributed by atoms with Gasteiger partial charge in [-0.2, -0.15) is 4.98 Å². The van der Waals surface area contributed by atoms with E-state index in [0.717, 1.165) is 0 Å². The number of nitro groups is 1. The van der Waals surface area contributed by atoms with E-state index < -0.39 is 4.92 Å². The molecule has 2 N–H and O–H groups in total. The molecule has 0 bridgehead atoms. The van der Waals surface area contributed by atoms with E-state index in [1.54, 1.807) is 13.8 Å². The van der Waals surface area contributed by atoms with Gasteiger partial charge in [0.1, 0.15) is 11.6 Å². The van der Waals surface area contributed by atoms with Crippen LogP contribution in [-0.2, 0) is 0 Å². The third-order valence-corrected chi connectivity index (χ3v) is 2.81. The van der Waals surface area contributed by atoms with Crippen molar-refractivity contribution in [1.82, 2.24) is 9.97 Å². The van der Waals surface area contributed by atoms with E-state index in [2.05, 4.69) is 9.97 Å². The van der Waals surface area contributed by atoms with Crippen molar-refractivity contribution in [2.75, 3.05) is 5.73 Å². The molecule has 2 aromatic rings. The number of rotatable bonds is 3. The maximum Gasteiger partial charge on any atom is 0.313 e. The molecule has 1 heterocycles. The minimum Gasteiger partial charge on any atom is -0.431 e. The smallest absolute Gasteiger partial charge is 0.313 e. The summed E-state index contributed by atoms with van der Waals surface area (Å²) in [5.41, 5.74) is 5.98. The number of nitrogens with zero attached hydrogens (tertiary/aromatic N) is 3. The lowest BCUT2D eigenvalue weighted by Gasteiger charge is -2.10. The normalized spacial score (nSPS) is 10.3. The number of hydrogen-bond donors (Lipinski definition) is 1. The standard InChI is InChI=1S/C12H11ClN4O3/c1-6-11(14)15-7(2)16-12(6)20-10-4-3-8(13)5-9(10)17(18)19/h3-5H,1-2H3,(H2,14,15,16). The highest BCUT2D eigenvalue weighted by molar-refractivity contribution is 6.30. The third kappa shape index (κ3) is 2.77. The molecule has 0 aliphatic carbocycles. The molecule has 0 amide bonds. The number of nitrogen functional groups attached to an aromatic ring is 1. The van der Waals surface area contributed by atoms with Crippen LogP contribution >= 0.6 is 11.6 Å². The van der Waals surface area contributed by atoms with Crippen molar-refractivity contribution in [3.63, 3.8) is 0 Å². The molecule has 1 aromatic carbocycles. The maximum atomic E-state index is 11.0. The van der Waals surface area contributed by atoms with Crippen LogP contribution in [0.5, 0.6) is 11.6 Å². The predicted octanol–water partition coefficient (Wildman–Crippen LogP) is 3.03. The quantitative estimate of drug-likeness (QED) is 0.689. The molecular formula is C12H11ClN4O3. The van der Waals surface area contributed by atoms with E-state index in [0.29, 0.717) is 11.4 Å². The van der Waals surface area contributed by atoms with Crippen LogP contribution in [-0.4, -0.2) is 14.9 Å². The molecule has 0 aliphatic rings. The van der Waals surface area contributed by atoms with Crippen LogP contribution in [0.25, 0.3) is 0 Å². The molecular weight excluding hydrogens is 284 g/mol. The summed E-state index contributed by atoms with van der Waals surface area (Å²) in [6, 6.07) is 4.12. The molecule has 0 fully saturated rings. The largest absolute Gasteiger partial charge is 0.431 e. The van der Waals surface area contributed by atoms with Gasteiger partial charge in [0.15, 0.2) is 0 Å². The predicted molar refractivity (Wildman–Crippen MR) is 74.1 cm³/mol. The summed E-state index contributed by atoms with van der Waals surface area (Å²) in [6.45, 7) is 3.32. The van der Waals surface area contributed by atoms with E-state index in [9.17, 15) is 10.1 Å². The topological polar surface area (TPSA) is 104 Å². The number of ether oxygens (including phenoxy) is 1. The Bertz CT molecular complexity index is 691. The molecule has 0 unspecified atom stereocenters. The van der Waals surface area contributed by atoms with Crippen molar-refractivity contribution in [2.45, 2.75) is 13.8 Å². The lowest BCUT2D eigenvalue weighted by atomic mass is 10.3. The van der Waals surface area contributed by atoms with Crippen LogP contribution in [0.3, 0.4) is 0 Å². The van der Waals surface area contributed by atoms with Crippen molar-refractivity contribution in [3.05, 3.63) is 44.7 Å². The Morgan fingerprint density at radius 2 is 2.05 bits per heavy atom. The van der Waals surface area contributed by atoms with Gasteiger partial charge in [0.25, 0.3) is 0 Å². The van der Waals surface area contributed by atoms with Crippen molar-refractivity contribution in [2.24, 2.45) is 0 Å². The highest BCUT2D eigenvalue weighted by Crippen LogP contribution is 2.34. The van der Waals surface area contributed by atoms with Gasteiger partial charge in [0, 0.05) is 11.1 Å². The molecule has 7 nitrogen and oxygen atoms in total. The summed E-state index contributed by atoms with van der Waals surface area (Å²) in [5, 5.41) is 11.2. The highest BCUT2D eigenvalue weighted by Gasteiger charge is 2.18. The van der Waals surface area contributed by atoms with Crippen molar-refractivity contribution >= 4 is 23.1 Å². The number of benzene rings is 1. The zero-order valence-corrected chi connectivity index (χ0v) is 11.5. The second-order valence-corrected chi connectivity index (χ2v) is 4.49. The fraction of sp³-hybridized carbons (Fsp3) is 0.167. The van der Waals surface area contributed by atoms with Crippen molar-refractivity contribution in [1.29, 1.82) is 0 Å². The second kappa shape index (κ2) is 5.30. The minimum absolute atomic E-state index is 0.0417. The highest BCUT2D eigenvalue weighted by atomic mass is 35.5. The van der Waals surface area contributed by atoms with E-state index in [-0.39, 0.29) is 28.2 Å². The average molecular weight is 295 g/mol. The van der Waals surface area contributed by atoms with Crippen molar-refractivity contribution in [3.8, 4) is 11.6 Å². The number of hydrogen-bond acceptors (Lipinski definition) is 6. The van der Waals surface area contributed by atoms with Gasteiger partial charge >= 0.3 is 5.69 Å². The summed E-state index contributed by atoms with van der Waals surface area (Å²) in [4.78, 5) is 18.5. The number of nitro benzene ring substituents is 1. The zero-order chi connectivity index (χ0) is 14.9. The average Bonchev–Trinajstić information content (AvgIpc) is 2.37.